The average Bonchev–Trinajstić information content (AvgIpc) is 2.22. The first-order valence-corrected chi connectivity index (χ1v) is 6.41. The van der Waals surface area contributed by atoms with Gasteiger partial charge in [-0.3, -0.25) is 0 Å². The molecule has 0 spiro atoms. The van der Waals surface area contributed by atoms with Gasteiger partial charge in [-0.05, 0) is 12.8 Å². The summed E-state index contributed by atoms with van der Waals surface area (Å²) in [6.07, 6.45) is 13.6. The van der Waals surface area contributed by atoms with Gasteiger partial charge in [0.15, 0.2) is 0 Å². The summed E-state index contributed by atoms with van der Waals surface area (Å²) in [5, 5.41) is 9.04. The minimum atomic E-state index is -0.0395. The molecule has 0 aromatic heterocycles. The third-order valence-corrected chi connectivity index (χ3v) is 2.70. The van der Waals surface area contributed by atoms with E-state index in [0.717, 1.165) is 6.42 Å². The molecule has 0 bridgehead atoms. The van der Waals surface area contributed by atoms with Crippen molar-refractivity contribution in [3.05, 3.63) is 12.2 Å². The van der Waals surface area contributed by atoms with Crippen LogP contribution in [-0.2, 0) is 0 Å². The molecule has 0 aliphatic rings. The summed E-state index contributed by atoms with van der Waals surface area (Å²) < 4.78 is 0. The summed E-state index contributed by atoms with van der Waals surface area (Å²) in [6, 6.07) is 0. The van der Waals surface area contributed by atoms with E-state index in [2.05, 4.69) is 32.9 Å². The van der Waals surface area contributed by atoms with Crippen LogP contribution in [0, 0.1) is 5.41 Å². The van der Waals surface area contributed by atoms with E-state index in [1.165, 1.54) is 38.5 Å². The molecule has 0 aromatic rings. The van der Waals surface area contributed by atoms with Gasteiger partial charge in [-0.2, -0.15) is 0 Å². The van der Waals surface area contributed by atoms with Crippen molar-refractivity contribution >= 4 is 0 Å². The molecule has 90 valence electrons. The highest BCUT2D eigenvalue weighted by molar-refractivity contribution is 4.94. The molecule has 0 saturated heterocycles. The second-order valence-corrected chi connectivity index (χ2v) is 5.11. The summed E-state index contributed by atoms with van der Waals surface area (Å²) in [4.78, 5) is 0. The van der Waals surface area contributed by atoms with Crippen LogP contribution in [0.5, 0.6) is 0 Å². The first kappa shape index (κ1) is 14.7. The summed E-state index contributed by atoms with van der Waals surface area (Å²) >= 11 is 0. The van der Waals surface area contributed by atoms with Gasteiger partial charge in [0.05, 0.1) is 6.61 Å². The lowest BCUT2D eigenvalue weighted by Crippen LogP contribution is -2.12. The predicted octanol–water partition coefficient (Wildman–Crippen LogP) is 4.31. The van der Waals surface area contributed by atoms with Crippen LogP contribution < -0.4 is 0 Å². The third kappa shape index (κ3) is 9.99. The Labute approximate surface area is 95.6 Å². The van der Waals surface area contributed by atoms with Gasteiger partial charge in [0, 0.05) is 5.41 Å². The van der Waals surface area contributed by atoms with Gasteiger partial charge >= 0.3 is 0 Å². The van der Waals surface area contributed by atoms with Crippen molar-refractivity contribution in [2.45, 2.75) is 65.7 Å². The van der Waals surface area contributed by atoms with E-state index >= 15 is 0 Å². The summed E-state index contributed by atoms with van der Waals surface area (Å²) in [6.45, 7) is 6.61. The van der Waals surface area contributed by atoms with Crippen molar-refractivity contribution in [3.8, 4) is 0 Å². The zero-order chi connectivity index (χ0) is 11.6. The molecular weight excluding hydrogens is 184 g/mol. The molecule has 0 unspecified atom stereocenters. The fourth-order valence-corrected chi connectivity index (χ4v) is 1.50. The van der Waals surface area contributed by atoms with Gasteiger partial charge in [0.25, 0.3) is 0 Å². The van der Waals surface area contributed by atoms with Crippen LogP contribution in [0.25, 0.3) is 0 Å². The van der Waals surface area contributed by atoms with Gasteiger partial charge in [-0.15, -0.1) is 0 Å². The molecule has 0 heterocycles. The summed E-state index contributed by atoms with van der Waals surface area (Å²) in [7, 11) is 0. The van der Waals surface area contributed by atoms with Crippen molar-refractivity contribution in [2.75, 3.05) is 6.61 Å². The summed E-state index contributed by atoms with van der Waals surface area (Å²) in [5.74, 6) is 0. The number of aliphatic hydroxyl groups excluding tert-OH is 1. The Morgan fingerprint density at radius 2 is 1.60 bits per heavy atom. The Balaban J connectivity index is 3.31. The number of unbranched alkanes of at least 4 members (excludes halogenated alkanes) is 6. The topological polar surface area (TPSA) is 20.2 Å². The quantitative estimate of drug-likeness (QED) is 0.446. The standard InChI is InChI=1S/C14H28O/c1-4-5-6-7-8-9-10-11-12-14(2,3)13-15/h11-12,15H,4-10,13H2,1-3H3. The molecule has 0 amide bonds. The minimum Gasteiger partial charge on any atom is -0.395 e. The van der Waals surface area contributed by atoms with E-state index in [9.17, 15) is 0 Å². The Morgan fingerprint density at radius 3 is 2.20 bits per heavy atom. The van der Waals surface area contributed by atoms with Crippen molar-refractivity contribution < 1.29 is 5.11 Å². The fraction of sp³-hybridized carbons (Fsp3) is 0.857. The lowest BCUT2D eigenvalue weighted by molar-refractivity contribution is 0.199. The first-order chi connectivity index (χ1) is 7.12. The Morgan fingerprint density at radius 1 is 1.00 bits per heavy atom. The van der Waals surface area contributed by atoms with Gasteiger partial charge in [-0.25, -0.2) is 0 Å². The van der Waals surface area contributed by atoms with Crippen LogP contribution in [0.15, 0.2) is 12.2 Å². The van der Waals surface area contributed by atoms with E-state index in [0.29, 0.717) is 0 Å². The highest BCUT2D eigenvalue weighted by atomic mass is 16.3. The van der Waals surface area contributed by atoms with E-state index in [1.807, 2.05) is 0 Å². The Kier molecular flexibility index (Phi) is 8.79. The van der Waals surface area contributed by atoms with Gasteiger partial charge in [-0.1, -0.05) is 65.0 Å². The zero-order valence-electron chi connectivity index (χ0n) is 10.8. The monoisotopic (exact) mass is 212 g/mol. The SMILES string of the molecule is CCCCCCCCC=CC(C)(C)CO. The maximum atomic E-state index is 9.04. The largest absolute Gasteiger partial charge is 0.395 e. The van der Waals surface area contributed by atoms with Gasteiger partial charge < -0.3 is 5.11 Å². The van der Waals surface area contributed by atoms with Crippen molar-refractivity contribution in [2.24, 2.45) is 5.41 Å². The lowest BCUT2D eigenvalue weighted by Gasteiger charge is -2.15. The molecule has 0 aliphatic heterocycles. The van der Waals surface area contributed by atoms with E-state index in [1.54, 1.807) is 0 Å². The molecule has 0 aliphatic carbocycles. The maximum absolute atomic E-state index is 9.04. The molecule has 15 heavy (non-hydrogen) atoms. The fourth-order valence-electron chi connectivity index (χ4n) is 1.50. The van der Waals surface area contributed by atoms with Crippen molar-refractivity contribution in [3.63, 3.8) is 0 Å². The maximum Gasteiger partial charge on any atom is 0.0516 e. The highest BCUT2D eigenvalue weighted by Gasteiger charge is 2.10. The smallest absolute Gasteiger partial charge is 0.0516 e. The molecule has 0 atom stereocenters. The molecule has 0 radical (unpaired) electrons. The molecule has 0 rings (SSSR count). The van der Waals surface area contributed by atoms with Crippen LogP contribution in [0.1, 0.15) is 65.7 Å². The van der Waals surface area contributed by atoms with Gasteiger partial charge in [0.2, 0.25) is 0 Å². The number of hydrogen-bond donors (Lipinski definition) is 1. The second kappa shape index (κ2) is 8.96. The normalized spacial score (nSPS) is 12.5. The Bertz CT molecular complexity index is 159. The van der Waals surface area contributed by atoms with Crippen LogP contribution in [0.2, 0.25) is 0 Å². The van der Waals surface area contributed by atoms with E-state index in [4.69, 9.17) is 5.11 Å². The number of allylic oxidation sites excluding steroid dienone is 1. The average molecular weight is 212 g/mol. The predicted molar refractivity (Wildman–Crippen MR) is 68.0 cm³/mol. The molecule has 0 aromatic carbocycles. The van der Waals surface area contributed by atoms with Gasteiger partial charge in [0.1, 0.15) is 0 Å². The second-order valence-electron chi connectivity index (χ2n) is 5.11. The molecule has 1 N–H and O–H groups in total. The highest BCUT2D eigenvalue weighted by Crippen LogP contribution is 2.16. The van der Waals surface area contributed by atoms with Crippen molar-refractivity contribution in [1.82, 2.24) is 0 Å². The zero-order valence-corrected chi connectivity index (χ0v) is 10.8. The first-order valence-electron chi connectivity index (χ1n) is 6.41. The number of hydrogen-bond acceptors (Lipinski definition) is 1. The van der Waals surface area contributed by atoms with E-state index < -0.39 is 0 Å². The van der Waals surface area contributed by atoms with Crippen molar-refractivity contribution in [1.29, 1.82) is 0 Å². The van der Waals surface area contributed by atoms with Crippen LogP contribution in [-0.4, -0.2) is 11.7 Å². The lowest BCUT2D eigenvalue weighted by atomic mass is 9.94. The molecule has 0 fully saturated rings. The van der Waals surface area contributed by atoms with E-state index in [-0.39, 0.29) is 12.0 Å². The minimum absolute atomic E-state index is 0.0395. The molecular formula is C14H28O. The molecule has 1 heteroatoms. The van der Waals surface area contributed by atoms with Crippen LogP contribution in [0.3, 0.4) is 0 Å². The third-order valence-electron chi connectivity index (χ3n) is 2.70. The summed E-state index contributed by atoms with van der Waals surface area (Å²) in [5.41, 5.74) is -0.0395. The number of aliphatic hydroxyl groups is 1. The van der Waals surface area contributed by atoms with Crippen LogP contribution >= 0.6 is 0 Å². The Hall–Kier alpha value is -0.300. The molecule has 0 saturated carbocycles. The number of rotatable bonds is 9. The van der Waals surface area contributed by atoms with Crippen LogP contribution in [0.4, 0.5) is 0 Å². The molecule has 1 nitrogen and oxygen atoms in total.